The number of ether oxygens (including phenoxy) is 2. The van der Waals surface area contributed by atoms with Crippen LogP contribution >= 0.6 is 0 Å². The van der Waals surface area contributed by atoms with Crippen molar-refractivity contribution in [3.05, 3.63) is 59.2 Å². The normalized spacial score (nSPS) is 17.3. The SMILES string of the molecule is CCCCCOc1ccc(/C(O)=C2/C(=O)C(=O)N(CCN(C)C)C2c2ccc(OC)c(O)c2)cc1. The lowest BCUT2D eigenvalue weighted by Gasteiger charge is -2.26. The quantitative estimate of drug-likeness (QED) is 0.216. The fraction of sp³-hybridized carbons (Fsp3) is 0.407. The predicted octanol–water partition coefficient (Wildman–Crippen LogP) is 3.95. The van der Waals surface area contributed by atoms with Crippen molar-refractivity contribution in [2.24, 2.45) is 0 Å². The van der Waals surface area contributed by atoms with Crippen molar-refractivity contribution in [3.8, 4) is 17.2 Å². The first-order valence-electron chi connectivity index (χ1n) is 11.8. The number of likely N-dealkylation sites (N-methyl/N-ethyl adjacent to an activating group) is 1. The maximum atomic E-state index is 13.1. The molecule has 2 aromatic carbocycles. The van der Waals surface area contributed by atoms with Crippen molar-refractivity contribution in [2.75, 3.05) is 40.9 Å². The van der Waals surface area contributed by atoms with E-state index in [1.54, 1.807) is 36.4 Å². The number of phenolic OH excluding ortho intramolecular Hbond substituents is 1. The lowest BCUT2D eigenvalue weighted by molar-refractivity contribution is -0.140. The topological polar surface area (TPSA) is 99.5 Å². The molecule has 0 spiro atoms. The Hall–Kier alpha value is -3.52. The zero-order valence-electron chi connectivity index (χ0n) is 20.8. The number of methoxy groups -OCH3 is 1. The third-order valence-electron chi connectivity index (χ3n) is 5.99. The highest BCUT2D eigenvalue weighted by molar-refractivity contribution is 6.46. The Bertz CT molecular complexity index is 1080. The molecule has 0 bridgehead atoms. The Kier molecular flexibility index (Phi) is 8.76. The summed E-state index contributed by atoms with van der Waals surface area (Å²) in [4.78, 5) is 29.4. The van der Waals surface area contributed by atoms with Gasteiger partial charge < -0.3 is 29.5 Å². The van der Waals surface area contributed by atoms with Crippen LogP contribution in [0.3, 0.4) is 0 Å². The molecule has 1 atom stereocenters. The Labute approximate surface area is 206 Å². The number of carbonyl (C=O) groups excluding carboxylic acids is 2. The van der Waals surface area contributed by atoms with E-state index in [1.807, 2.05) is 19.0 Å². The Balaban J connectivity index is 2.00. The van der Waals surface area contributed by atoms with Crippen LogP contribution in [0.5, 0.6) is 17.2 Å². The number of benzene rings is 2. The number of likely N-dealkylation sites (tertiary alicyclic amines) is 1. The molecule has 2 aromatic rings. The van der Waals surface area contributed by atoms with Gasteiger partial charge in [-0.1, -0.05) is 25.8 Å². The summed E-state index contributed by atoms with van der Waals surface area (Å²) < 4.78 is 10.9. The van der Waals surface area contributed by atoms with Crippen LogP contribution in [0, 0.1) is 0 Å². The zero-order valence-corrected chi connectivity index (χ0v) is 20.8. The van der Waals surface area contributed by atoms with Crippen molar-refractivity contribution in [1.29, 1.82) is 0 Å². The van der Waals surface area contributed by atoms with E-state index in [4.69, 9.17) is 9.47 Å². The standard InChI is InChI=1S/C27H34N2O6/c1-5-6-7-16-35-20-11-8-18(9-12-20)25(31)23-24(19-10-13-22(34-4)21(30)17-19)29(15-14-28(2)3)27(33)26(23)32/h8-13,17,24,30-31H,5-7,14-16H2,1-4H3/b25-23-. The number of ketones is 1. The minimum atomic E-state index is -0.850. The maximum absolute atomic E-state index is 13.1. The van der Waals surface area contributed by atoms with Crippen LogP contribution in [0.4, 0.5) is 0 Å². The highest BCUT2D eigenvalue weighted by Crippen LogP contribution is 2.41. The predicted molar refractivity (Wildman–Crippen MR) is 134 cm³/mol. The number of hydrogen-bond donors (Lipinski definition) is 2. The van der Waals surface area contributed by atoms with Crippen LogP contribution in [0.1, 0.15) is 43.4 Å². The molecule has 2 N–H and O–H groups in total. The number of hydrogen-bond acceptors (Lipinski definition) is 7. The summed E-state index contributed by atoms with van der Waals surface area (Å²) in [5.74, 6) is -0.901. The number of Topliss-reactive ketones (excluding diaryl/α,β-unsaturated/α-hetero) is 1. The highest BCUT2D eigenvalue weighted by atomic mass is 16.5. The Morgan fingerprint density at radius 1 is 1.09 bits per heavy atom. The number of aliphatic hydroxyl groups is 1. The van der Waals surface area contributed by atoms with Gasteiger partial charge in [-0.2, -0.15) is 0 Å². The lowest BCUT2D eigenvalue weighted by atomic mass is 9.95. The number of amides is 1. The van der Waals surface area contributed by atoms with Gasteiger partial charge in [0.05, 0.1) is 25.3 Å². The van der Waals surface area contributed by atoms with E-state index in [-0.39, 0.29) is 29.4 Å². The first kappa shape index (κ1) is 26.1. The molecule has 1 saturated heterocycles. The molecule has 1 aliphatic heterocycles. The van der Waals surface area contributed by atoms with Crippen molar-refractivity contribution in [3.63, 3.8) is 0 Å². The molecule has 1 unspecified atom stereocenters. The van der Waals surface area contributed by atoms with Gasteiger partial charge in [-0.3, -0.25) is 9.59 Å². The summed E-state index contributed by atoms with van der Waals surface area (Å²) in [7, 11) is 5.18. The van der Waals surface area contributed by atoms with Crippen LogP contribution in [0.25, 0.3) is 5.76 Å². The average Bonchev–Trinajstić information content (AvgIpc) is 3.10. The largest absolute Gasteiger partial charge is 0.507 e. The third kappa shape index (κ3) is 5.95. The molecule has 8 nitrogen and oxygen atoms in total. The van der Waals surface area contributed by atoms with Crippen LogP contribution in [0.15, 0.2) is 48.0 Å². The second-order valence-electron chi connectivity index (χ2n) is 8.81. The average molecular weight is 483 g/mol. The summed E-state index contributed by atoms with van der Waals surface area (Å²) in [6.45, 7) is 3.53. The second-order valence-corrected chi connectivity index (χ2v) is 8.81. The molecular weight excluding hydrogens is 448 g/mol. The van der Waals surface area contributed by atoms with Gasteiger partial charge >= 0.3 is 0 Å². The number of phenols is 1. The lowest BCUT2D eigenvalue weighted by Crippen LogP contribution is -2.35. The monoisotopic (exact) mass is 482 g/mol. The fourth-order valence-electron chi connectivity index (χ4n) is 4.05. The number of aliphatic hydroxyl groups excluding tert-OH is 1. The maximum Gasteiger partial charge on any atom is 0.295 e. The van der Waals surface area contributed by atoms with Crippen LogP contribution in [-0.2, 0) is 9.59 Å². The van der Waals surface area contributed by atoms with Crippen molar-refractivity contribution in [2.45, 2.75) is 32.2 Å². The van der Waals surface area contributed by atoms with Gasteiger partial charge in [-0.05, 0) is 62.5 Å². The van der Waals surface area contributed by atoms with Crippen molar-refractivity contribution >= 4 is 17.4 Å². The molecule has 1 aliphatic rings. The van der Waals surface area contributed by atoms with Crippen LogP contribution in [0.2, 0.25) is 0 Å². The molecule has 0 saturated carbocycles. The zero-order chi connectivity index (χ0) is 25.5. The van der Waals surface area contributed by atoms with Gasteiger partial charge in [0.25, 0.3) is 11.7 Å². The van der Waals surface area contributed by atoms with Gasteiger partial charge in [0.2, 0.25) is 0 Å². The van der Waals surface area contributed by atoms with Gasteiger partial charge in [0, 0.05) is 18.7 Å². The summed E-state index contributed by atoms with van der Waals surface area (Å²) in [5, 5.41) is 21.5. The van der Waals surface area contributed by atoms with E-state index in [2.05, 4.69) is 6.92 Å². The van der Waals surface area contributed by atoms with Crippen LogP contribution < -0.4 is 9.47 Å². The summed E-state index contributed by atoms with van der Waals surface area (Å²) in [6, 6.07) is 10.7. The smallest absolute Gasteiger partial charge is 0.295 e. The van der Waals surface area contributed by atoms with Gasteiger partial charge in [0.15, 0.2) is 11.5 Å². The summed E-state index contributed by atoms with van der Waals surface area (Å²) in [6.07, 6.45) is 3.16. The molecule has 1 fully saturated rings. The van der Waals surface area contributed by atoms with E-state index >= 15 is 0 Å². The minimum absolute atomic E-state index is 0.0186. The molecule has 3 rings (SSSR count). The van der Waals surface area contributed by atoms with Crippen molar-refractivity contribution < 1.29 is 29.3 Å². The number of nitrogens with zero attached hydrogens (tertiary/aromatic N) is 2. The fourth-order valence-corrected chi connectivity index (χ4v) is 4.05. The van der Waals surface area contributed by atoms with Gasteiger partial charge in [-0.15, -0.1) is 0 Å². The number of carbonyl (C=O) groups is 2. The Morgan fingerprint density at radius 2 is 1.80 bits per heavy atom. The number of aromatic hydroxyl groups is 1. The third-order valence-corrected chi connectivity index (χ3v) is 5.99. The van der Waals surface area contributed by atoms with Crippen molar-refractivity contribution in [1.82, 2.24) is 9.80 Å². The van der Waals surface area contributed by atoms with E-state index in [9.17, 15) is 19.8 Å². The highest BCUT2D eigenvalue weighted by Gasteiger charge is 2.46. The minimum Gasteiger partial charge on any atom is -0.507 e. The molecular formula is C27H34N2O6. The molecule has 8 heteroatoms. The van der Waals surface area contributed by atoms with Crippen LogP contribution in [-0.4, -0.2) is 72.6 Å². The molecule has 0 radical (unpaired) electrons. The molecule has 35 heavy (non-hydrogen) atoms. The molecule has 188 valence electrons. The molecule has 0 aromatic heterocycles. The number of rotatable bonds is 11. The molecule has 1 heterocycles. The Morgan fingerprint density at radius 3 is 2.40 bits per heavy atom. The number of unbranched alkanes of at least 4 members (excludes halogenated alkanes) is 2. The van der Waals surface area contributed by atoms with E-state index in [0.29, 0.717) is 30.0 Å². The second kappa shape index (κ2) is 11.8. The first-order chi connectivity index (χ1) is 16.8. The van der Waals surface area contributed by atoms with E-state index in [0.717, 1.165) is 19.3 Å². The summed E-state index contributed by atoms with van der Waals surface area (Å²) >= 11 is 0. The van der Waals surface area contributed by atoms with Gasteiger partial charge in [0.1, 0.15) is 11.5 Å². The van der Waals surface area contributed by atoms with E-state index in [1.165, 1.54) is 18.1 Å². The summed E-state index contributed by atoms with van der Waals surface area (Å²) in [5.41, 5.74) is 0.882. The van der Waals surface area contributed by atoms with E-state index < -0.39 is 17.7 Å². The first-order valence-corrected chi connectivity index (χ1v) is 11.8. The molecule has 1 amide bonds. The molecule has 0 aliphatic carbocycles. The van der Waals surface area contributed by atoms with Gasteiger partial charge in [-0.25, -0.2) is 0 Å².